The maximum absolute atomic E-state index is 13.0. The van der Waals surface area contributed by atoms with Gasteiger partial charge in [-0.25, -0.2) is 9.18 Å². The highest BCUT2D eigenvalue weighted by Gasteiger charge is 2.50. The van der Waals surface area contributed by atoms with Gasteiger partial charge in [-0.1, -0.05) is 30.3 Å². The van der Waals surface area contributed by atoms with E-state index in [0.717, 1.165) is 43.7 Å². The average Bonchev–Trinajstić information content (AvgIpc) is 2.94. The van der Waals surface area contributed by atoms with Gasteiger partial charge >= 0.3 is 12.1 Å². The Bertz CT molecular complexity index is 952. The van der Waals surface area contributed by atoms with E-state index in [9.17, 15) is 22.4 Å². The molecule has 0 aliphatic carbocycles. The largest absolute Gasteiger partial charge is 0.490 e. The number of carboxylic acid groups (broad SMARTS) is 1. The minimum Gasteiger partial charge on any atom is -0.475 e. The number of para-hydroxylation sites is 1. The maximum Gasteiger partial charge on any atom is 0.490 e. The van der Waals surface area contributed by atoms with Crippen LogP contribution in [0.4, 0.5) is 23.2 Å². The zero-order valence-electron chi connectivity index (χ0n) is 16.8. The fraction of sp³-hybridized carbons (Fsp3) is 0.364. The van der Waals surface area contributed by atoms with Crippen LogP contribution >= 0.6 is 0 Å². The third-order valence-corrected chi connectivity index (χ3v) is 5.77. The van der Waals surface area contributed by atoms with Crippen LogP contribution in [0.15, 0.2) is 48.5 Å². The number of hydrogen-bond acceptors (Lipinski definition) is 3. The number of rotatable bonds is 2. The molecule has 1 spiro atoms. The molecule has 2 heterocycles. The Kier molecular flexibility index (Phi) is 6.35. The minimum absolute atomic E-state index is 0.201. The number of likely N-dealkylation sites (tertiary alicyclic amines) is 1. The number of piperidine rings is 1. The van der Waals surface area contributed by atoms with Crippen LogP contribution in [0.2, 0.25) is 0 Å². The highest BCUT2D eigenvalue weighted by atomic mass is 19.4. The number of benzene rings is 2. The van der Waals surface area contributed by atoms with Gasteiger partial charge in [0.2, 0.25) is 5.91 Å². The summed E-state index contributed by atoms with van der Waals surface area (Å²) < 4.78 is 44.8. The van der Waals surface area contributed by atoms with Gasteiger partial charge in [-0.15, -0.1) is 0 Å². The number of likely N-dealkylation sites (N-methyl/N-ethyl adjacent to an activating group) is 1. The van der Waals surface area contributed by atoms with Crippen LogP contribution in [-0.2, 0) is 21.5 Å². The van der Waals surface area contributed by atoms with Crippen LogP contribution in [0.3, 0.4) is 0 Å². The Balaban J connectivity index is 0.000000339. The zero-order valence-corrected chi connectivity index (χ0v) is 16.8. The Morgan fingerprint density at radius 3 is 2.16 bits per heavy atom. The van der Waals surface area contributed by atoms with Gasteiger partial charge in [0, 0.05) is 19.3 Å². The molecule has 0 unspecified atom stereocenters. The lowest BCUT2D eigenvalue weighted by Crippen LogP contribution is -2.47. The average molecular weight is 438 g/mol. The van der Waals surface area contributed by atoms with Crippen LogP contribution < -0.4 is 4.90 Å². The van der Waals surface area contributed by atoms with Crippen molar-refractivity contribution in [2.75, 3.05) is 25.0 Å². The molecule has 2 aromatic carbocycles. The molecule has 166 valence electrons. The molecule has 31 heavy (non-hydrogen) atoms. The molecule has 0 saturated carbocycles. The molecule has 1 saturated heterocycles. The number of amides is 1. The molecular weight excluding hydrogens is 416 g/mol. The molecule has 5 nitrogen and oxygen atoms in total. The van der Waals surface area contributed by atoms with Crippen molar-refractivity contribution in [3.63, 3.8) is 0 Å². The van der Waals surface area contributed by atoms with Gasteiger partial charge in [-0.05, 0) is 55.3 Å². The number of anilines is 1. The Morgan fingerprint density at radius 2 is 1.61 bits per heavy atom. The zero-order chi connectivity index (χ0) is 22.8. The quantitative estimate of drug-likeness (QED) is 0.721. The normalized spacial score (nSPS) is 17.8. The summed E-state index contributed by atoms with van der Waals surface area (Å²) in [6, 6.07) is 14.8. The lowest BCUT2D eigenvalue weighted by Gasteiger charge is -2.38. The van der Waals surface area contributed by atoms with E-state index in [4.69, 9.17) is 9.90 Å². The molecular formula is C22H22F4N2O3. The molecule has 0 radical (unpaired) electrons. The summed E-state index contributed by atoms with van der Waals surface area (Å²) in [5.74, 6) is -2.73. The lowest BCUT2D eigenvalue weighted by atomic mass is 9.73. The minimum atomic E-state index is -5.08. The van der Waals surface area contributed by atoms with Crippen molar-refractivity contribution in [1.82, 2.24) is 4.90 Å². The van der Waals surface area contributed by atoms with Crippen molar-refractivity contribution in [2.24, 2.45) is 0 Å². The van der Waals surface area contributed by atoms with E-state index >= 15 is 0 Å². The molecule has 1 amide bonds. The first-order chi connectivity index (χ1) is 14.5. The van der Waals surface area contributed by atoms with Crippen molar-refractivity contribution < 1.29 is 32.3 Å². The van der Waals surface area contributed by atoms with E-state index in [2.05, 4.69) is 11.0 Å². The van der Waals surface area contributed by atoms with E-state index in [0.29, 0.717) is 0 Å². The second-order valence-corrected chi connectivity index (χ2v) is 7.67. The first-order valence-corrected chi connectivity index (χ1v) is 9.69. The van der Waals surface area contributed by atoms with Gasteiger partial charge in [-0.2, -0.15) is 13.2 Å². The van der Waals surface area contributed by atoms with Gasteiger partial charge in [0.25, 0.3) is 0 Å². The van der Waals surface area contributed by atoms with Crippen LogP contribution in [0.1, 0.15) is 24.0 Å². The van der Waals surface area contributed by atoms with E-state index < -0.39 is 12.1 Å². The summed E-state index contributed by atoms with van der Waals surface area (Å²) in [4.78, 5) is 26.0. The first-order valence-electron chi connectivity index (χ1n) is 9.69. The molecule has 4 rings (SSSR count). The second-order valence-electron chi connectivity index (χ2n) is 7.67. The number of fused-ring (bicyclic) bond motifs is 2. The van der Waals surface area contributed by atoms with Crippen molar-refractivity contribution >= 4 is 17.6 Å². The molecule has 9 heteroatoms. The lowest BCUT2D eigenvalue weighted by molar-refractivity contribution is -0.192. The Labute approximate surface area is 176 Å². The van der Waals surface area contributed by atoms with E-state index in [-0.39, 0.29) is 17.1 Å². The number of carbonyl (C=O) groups is 2. The number of alkyl halides is 3. The Hall–Kier alpha value is -2.94. The molecule has 1 N–H and O–H groups in total. The van der Waals surface area contributed by atoms with Crippen LogP contribution in [0, 0.1) is 5.82 Å². The van der Waals surface area contributed by atoms with Crippen LogP contribution in [0.5, 0.6) is 0 Å². The van der Waals surface area contributed by atoms with Crippen molar-refractivity contribution in [2.45, 2.75) is 31.0 Å². The number of aliphatic carboxylic acids is 1. The number of nitrogens with zero attached hydrogens (tertiary/aromatic N) is 2. The predicted molar refractivity (Wildman–Crippen MR) is 106 cm³/mol. The number of carbonyl (C=O) groups excluding carboxylic acids is 1. The highest BCUT2D eigenvalue weighted by molar-refractivity contribution is 6.07. The maximum atomic E-state index is 13.0. The first kappa shape index (κ1) is 22.7. The van der Waals surface area contributed by atoms with Crippen molar-refractivity contribution in [3.05, 3.63) is 65.5 Å². The van der Waals surface area contributed by atoms with Crippen molar-refractivity contribution in [3.8, 4) is 0 Å². The highest BCUT2D eigenvalue weighted by Crippen LogP contribution is 2.47. The van der Waals surface area contributed by atoms with E-state index in [1.54, 1.807) is 0 Å². The summed E-state index contributed by atoms with van der Waals surface area (Å²) in [6.45, 7) is 2.57. The van der Waals surface area contributed by atoms with Crippen molar-refractivity contribution in [1.29, 1.82) is 0 Å². The topological polar surface area (TPSA) is 60.9 Å². The molecule has 0 aromatic heterocycles. The monoisotopic (exact) mass is 438 g/mol. The Morgan fingerprint density at radius 1 is 1.06 bits per heavy atom. The molecule has 1 fully saturated rings. The smallest absolute Gasteiger partial charge is 0.475 e. The van der Waals surface area contributed by atoms with Gasteiger partial charge in [0.1, 0.15) is 5.82 Å². The number of hydrogen-bond donors (Lipinski definition) is 1. The summed E-state index contributed by atoms with van der Waals surface area (Å²) in [7, 11) is 1.88. The van der Waals surface area contributed by atoms with Crippen LogP contribution in [0.25, 0.3) is 0 Å². The third-order valence-electron chi connectivity index (χ3n) is 5.77. The SMILES string of the molecule is CN1C(=O)C2(CCN(Cc3ccc(F)cc3)CC2)c2ccccc21.O=C(O)C(F)(F)F. The summed E-state index contributed by atoms with van der Waals surface area (Å²) in [5, 5.41) is 7.12. The summed E-state index contributed by atoms with van der Waals surface area (Å²) in [5.41, 5.74) is 2.99. The molecule has 2 aliphatic heterocycles. The number of carboxylic acids is 1. The van der Waals surface area contributed by atoms with E-state index in [1.165, 1.54) is 17.7 Å². The molecule has 0 bridgehead atoms. The van der Waals surface area contributed by atoms with E-state index in [1.807, 2.05) is 42.3 Å². The summed E-state index contributed by atoms with van der Waals surface area (Å²) >= 11 is 0. The fourth-order valence-corrected chi connectivity index (χ4v) is 4.14. The molecule has 2 aliphatic rings. The van der Waals surface area contributed by atoms with Gasteiger partial charge < -0.3 is 10.0 Å². The molecule has 0 atom stereocenters. The van der Waals surface area contributed by atoms with Crippen LogP contribution in [-0.4, -0.2) is 48.2 Å². The third kappa shape index (κ3) is 4.71. The van der Waals surface area contributed by atoms with Gasteiger partial charge in [0.05, 0.1) is 5.41 Å². The summed E-state index contributed by atoms with van der Waals surface area (Å²) in [6.07, 6.45) is -3.40. The van der Waals surface area contributed by atoms with Gasteiger partial charge in [0.15, 0.2) is 0 Å². The van der Waals surface area contributed by atoms with Gasteiger partial charge in [-0.3, -0.25) is 9.69 Å². The standard InChI is InChI=1S/C20H21FN2O.C2HF3O2/c1-22-18-5-3-2-4-17(18)20(19(22)24)10-12-23(13-11-20)14-15-6-8-16(21)9-7-15;3-2(4,5)1(6)7/h2-9H,10-14H2,1H3;(H,6,7). The predicted octanol–water partition coefficient (Wildman–Crippen LogP) is 3.97. The number of halogens is 4. The fourth-order valence-electron chi connectivity index (χ4n) is 4.14. The molecule has 2 aromatic rings. The second kappa shape index (κ2) is 8.66.